The lowest BCUT2D eigenvalue weighted by Gasteiger charge is -2.35. The first-order valence-electron chi connectivity index (χ1n) is 8.66. The minimum absolute atomic E-state index is 0.0207. The second-order valence-corrected chi connectivity index (χ2v) is 7.03. The molecule has 132 valence electrons. The number of piperidine rings is 1. The molecular weight excluding hydrogens is 306 g/mol. The van der Waals surface area contributed by atoms with E-state index in [9.17, 15) is 4.79 Å². The fourth-order valence-corrected chi connectivity index (χ4v) is 3.74. The summed E-state index contributed by atoms with van der Waals surface area (Å²) >= 11 is 0. The van der Waals surface area contributed by atoms with Gasteiger partial charge < -0.3 is 15.4 Å². The Labute approximate surface area is 143 Å². The molecule has 2 N–H and O–H groups in total. The van der Waals surface area contributed by atoms with Crippen molar-refractivity contribution in [1.82, 2.24) is 14.9 Å². The summed E-state index contributed by atoms with van der Waals surface area (Å²) in [5.41, 5.74) is 6.64. The van der Waals surface area contributed by atoms with Crippen LogP contribution in [-0.2, 0) is 16.1 Å². The number of rotatable bonds is 5. The van der Waals surface area contributed by atoms with Gasteiger partial charge >= 0.3 is 0 Å². The highest BCUT2D eigenvalue weighted by Crippen LogP contribution is 2.33. The predicted octanol–water partition coefficient (Wildman–Crippen LogP) is 0.645. The fraction of sp³-hybridized carbons (Fsp3) is 0.706. The van der Waals surface area contributed by atoms with E-state index in [0.29, 0.717) is 12.5 Å². The number of nitrogens with two attached hydrogens (primary N) is 1. The summed E-state index contributed by atoms with van der Waals surface area (Å²) < 4.78 is 5.81. The molecule has 1 aromatic rings. The maximum Gasteiger partial charge on any atom is 0.224 e. The van der Waals surface area contributed by atoms with Crippen molar-refractivity contribution in [2.45, 2.75) is 31.9 Å². The van der Waals surface area contributed by atoms with E-state index in [2.05, 4.69) is 14.9 Å². The van der Waals surface area contributed by atoms with Crippen LogP contribution >= 0.6 is 0 Å². The zero-order valence-electron chi connectivity index (χ0n) is 14.5. The molecule has 0 spiro atoms. The molecule has 3 rings (SSSR count). The van der Waals surface area contributed by atoms with Gasteiger partial charge in [-0.1, -0.05) is 0 Å². The topological polar surface area (TPSA) is 84.6 Å². The van der Waals surface area contributed by atoms with Gasteiger partial charge in [-0.3, -0.25) is 9.69 Å². The first-order valence-corrected chi connectivity index (χ1v) is 8.66. The number of carbonyl (C=O) groups is 1. The Hall–Kier alpha value is -1.73. The van der Waals surface area contributed by atoms with E-state index in [-0.39, 0.29) is 17.9 Å². The second kappa shape index (κ2) is 7.44. The smallest absolute Gasteiger partial charge is 0.224 e. The molecule has 1 amide bonds. The number of carbonyl (C=O) groups excluding carboxylic acids is 1. The van der Waals surface area contributed by atoms with E-state index in [1.165, 1.54) is 0 Å². The Bertz CT molecular complexity index is 555. The van der Waals surface area contributed by atoms with Crippen molar-refractivity contribution in [3.8, 4) is 0 Å². The fourth-order valence-electron chi connectivity index (χ4n) is 3.74. The van der Waals surface area contributed by atoms with Gasteiger partial charge in [-0.15, -0.1) is 0 Å². The third-order valence-electron chi connectivity index (χ3n) is 5.10. The summed E-state index contributed by atoms with van der Waals surface area (Å²) in [6.45, 7) is 3.54. The van der Waals surface area contributed by atoms with Crippen LogP contribution in [-0.4, -0.2) is 60.7 Å². The molecule has 2 saturated heterocycles. The number of aromatic nitrogens is 2. The van der Waals surface area contributed by atoms with Crippen molar-refractivity contribution < 1.29 is 9.53 Å². The van der Waals surface area contributed by atoms with Crippen molar-refractivity contribution >= 4 is 11.9 Å². The van der Waals surface area contributed by atoms with E-state index in [4.69, 9.17) is 10.5 Å². The molecule has 0 unspecified atom stereocenters. The minimum Gasteiger partial charge on any atom is -0.377 e. The van der Waals surface area contributed by atoms with Gasteiger partial charge in [-0.25, -0.2) is 9.97 Å². The Morgan fingerprint density at radius 2 is 1.96 bits per heavy atom. The van der Waals surface area contributed by atoms with Crippen LogP contribution in [0, 0.1) is 11.8 Å². The first kappa shape index (κ1) is 17.1. The molecule has 0 aromatic carbocycles. The van der Waals surface area contributed by atoms with E-state index < -0.39 is 0 Å². The summed E-state index contributed by atoms with van der Waals surface area (Å²) in [6, 6.07) is 0. The van der Waals surface area contributed by atoms with E-state index in [1.54, 1.807) is 0 Å². The number of hydrogen-bond acceptors (Lipinski definition) is 6. The Morgan fingerprint density at radius 1 is 1.29 bits per heavy atom. The number of nitrogens with zero attached hydrogens (tertiary/aromatic N) is 4. The lowest BCUT2D eigenvalue weighted by molar-refractivity contribution is -0.124. The average Bonchev–Trinajstić information content (AvgIpc) is 3.06. The molecule has 7 nitrogen and oxygen atoms in total. The number of ether oxygens (including phenoxy) is 1. The number of hydrogen-bond donors (Lipinski definition) is 1. The standard InChI is InChI=1S/C17H27N5O2/c1-21(2)17-19-9-12(10-20-17)11-22-6-3-13(4-7-22)15-14(16(18)23)5-8-24-15/h9-10,13-15H,3-8,11H2,1-2H3,(H2,18,23)/t14-,15+/m0/s1. The van der Waals surface area contributed by atoms with Gasteiger partial charge in [0.25, 0.3) is 0 Å². The zero-order chi connectivity index (χ0) is 17.1. The van der Waals surface area contributed by atoms with Gasteiger partial charge in [-0.05, 0) is 38.3 Å². The molecule has 0 bridgehead atoms. The van der Waals surface area contributed by atoms with Crippen molar-refractivity contribution in [3.63, 3.8) is 0 Å². The van der Waals surface area contributed by atoms with Crippen LogP contribution in [0.3, 0.4) is 0 Å². The summed E-state index contributed by atoms with van der Waals surface area (Å²) in [4.78, 5) is 24.6. The van der Waals surface area contributed by atoms with E-state index in [0.717, 1.165) is 50.4 Å². The van der Waals surface area contributed by atoms with Gasteiger partial charge in [0, 0.05) is 45.2 Å². The van der Waals surface area contributed by atoms with Gasteiger partial charge in [0.05, 0.1) is 12.0 Å². The lowest BCUT2D eigenvalue weighted by atomic mass is 9.84. The Balaban J connectivity index is 1.51. The molecule has 0 saturated carbocycles. The van der Waals surface area contributed by atoms with Gasteiger partial charge in [-0.2, -0.15) is 0 Å². The van der Waals surface area contributed by atoms with Gasteiger partial charge in [0.2, 0.25) is 11.9 Å². The van der Waals surface area contributed by atoms with Gasteiger partial charge in [0.15, 0.2) is 0 Å². The van der Waals surface area contributed by atoms with Crippen LogP contribution < -0.4 is 10.6 Å². The van der Waals surface area contributed by atoms with Crippen molar-refractivity contribution in [2.75, 3.05) is 38.7 Å². The maximum atomic E-state index is 11.5. The van der Waals surface area contributed by atoms with Crippen LogP contribution in [0.1, 0.15) is 24.8 Å². The third-order valence-corrected chi connectivity index (χ3v) is 5.10. The third kappa shape index (κ3) is 3.84. The Kier molecular flexibility index (Phi) is 5.30. The molecule has 24 heavy (non-hydrogen) atoms. The largest absolute Gasteiger partial charge is 0.377 e. The molecule has 3 heterocycles. The number of primary amides is 1. The SMILES string of the molecule is CN(C)c1ncc(CN2CCC([C@H]3OCC[C@@H]3C(N)=O)CC2)cn1. The van der Waals surface area contributed by atoms with Crippen molar-refractivity contribution in [1.29, 1.82) is 0 Å². The number of likely N-dealkylation sites (tertiary alicyclic amines) is 1. The zero-order valence-corrected chi connectivity index (χ0v) is 14.5. The minimum atomic E-state index is -0.210. The average molecular weight is 333 g/mol. The molecule has 0 radical (unpaired) electrons. The predicted molar refractivity (Wildman–Crippen MR) is 91.4 cm³/mol. The summed E-state index contributed by atoms with van der Waals surface area (Å²) in [7, 11) is 3.87. The number of anilines is 1. The maximum absolute atomic E-state index is 11.5. The molecule has 2 fully saturated rings. The molecule has 2 aliphatic heterocycles. The monoisotopic (exact) mass is 333 g/mol. The first-order chi connectivity index (χ1) is 11.5. The quantitative estimate of drug-likeness (QED) is 0.851. The molecule has 0 aliphatic carbocycles. The van der Waals surface area contributed by atoms with Crippen LogP contribution in [0.5, 0.6) is 0 Å². The van der Waals surface area contributed by atoms with Crippen LogP contribution in [0.2, 0.25) is 0 Å². The highest BCUT2D eigenvalue weighted by Gasteiger charge is 2.39. The molecule has 1 aromatic heterocycles. The number of amides is 1. The van der Waals surface area contributed by atoms with Gasteiger partial charge in [0.1, 0.15) is 0 Å². The van der Waals surface area contributed by atoms with Crippen LogP contribution in [0.15, 0.2) is 12.4 Å². The second-order valence-electron chi connectivity index (χ2n) is 7.03. The highest BCUT2D eigenvalue weighted by molar-refractivity contribution is 5.77. The molecule has 7 heteroatoms. The summed E-state index contributed by atoms with van der Waals surface area (Å²) in [6.07, 6.45) is 6.69. The molecule has 2 aliphatic rings. The molecular formula is C17H27N5O2. The summed E-state index contributed by atoms with van der Waals surface area (Å²) in [5.74, 6) is 0.855. The van der Waals surface area contributed by atoms with E-state index in [1.807, 2.05) is 31.4 Å². The summed E-state index contributed by atoms with van der Waals surface area (Å²) in [5, 5.41) is 0. The van der Waals surface area contributed by atoms with Crippen molar-refractivity contribution in [3.05, 3.63) is 18.0 Å². The molecule has 2 atom stereocenters. The van der Waals surface area contributed by atoms with Crippen LogP contribution in [0.25, 0.3) is 0 Å². The Morgan fingerprint density at radius 3 is 2.54 bits per heavy atom. The van der Waals surface area contributed by atoms with Crippen molar-refractivity contribution in [2.24, 2.45) is 17.6 Å². The van der Waals surface area contributed by atoms with Crippen LogP contribution in [0.4, 0.5) is 5.95 Å². The van der Waals surface area contributed by atoms with E-state index >= 15 is 0 Å². The lowest BCUT2D eigenvalue weighted by Crippen LogP contribution is -2.41. The highest BCUT2D eigenvalue weighted by atomic mass is 16.5. The normalized spacial score (nSPS) is 25.8.